The maximum absolute atomic E-state index is 6.79. The van der Waals surface area contributed by atoms with E-state index in [4.69, 9.17) is 18.7 Å². The van der Waals surface area contributed by atoms with Crippen LogP contribution in [0.25, 0.3) is 10.8 Å². The third-order valence-corrected chi connectivity index (χ3v) is 13.2. The molecule has 1 aromatic heterocycles. The van der Waals surface area contributed by atoms with Crippen LogP contribution in [0.2, 0.25) is 16.6 Å². The first kappa shape index (κ1) is 23.3. The molecule has 1 saturated heterocycles. The van der Waals surface area contributed by atoms with Crippen molar-refractivity contribution in [2.75, 3.05) is 0 Å². The molecule has 0 radical (unpaired) electrons. The first-order chi connectivity index (χ1) is 13.8. The van der Waals surface area contributed by atoms with Gasteiger partial charge in [-0.3, -0.25) is 0 Å². The maximum atomic E-state index is 6.79. The van der Waals surface area contributed by atoms with Crippen LogP contribution in [0.3, 0.4) is 0 Å². The molecule has 0 amide bonds. The highest BCUT2D eigenvalue weighted by Crippen LogP contribution is 2.42. The Balaban J connectivity index is 1.99. The zero-order chi connectivity index (χ0) is 22.5. The Kier molecular flexibility index (Phi) is 6.18. The number of hydrogen-bond donors (Lipinski definition) is 0. The fourth-order valence-electron chi connectivity index (χ4n) is 4.94. The fraction of sp³-hybridized carbons (Fsp3) is 0.625. The Bertz CT molecular complexity index is 873. The van der Waals surface area contributed by atoms with Crippen molar-refractivity contribution in [1.29, 1.82) is 0 Å². The minimum absolute atomic E-state index is 0.368. The lowest BCUT2D eigenvalue weighted by atomic mass is 9.76. The van der Waals surface area contributed by atoms with Gasteiger partial charge < -0.3 is 13.7 Å². The number of fused-ring (bicyclic) bond motifs is 1. The molecule has 3 rings (SSSR count). The second kappa shape index (κ2) is 7.96. The largest absolute Gasteiger partial charge is 0.530 e. The summed E-state index contributed by atoms with van der Waals surface area (Å²) in [6.45, 7) is 22.1. The molecule has 1 aromatic carbocycles. The summed E-state index contributed by atoms with van der Waals surface area (Å²) >= 11 is 0. The molecule has 0 saturated carbocycles. The fourth-order valence-corrected chi connectivity index (χ4v) is 10.1. The van der Waals surface area contributed by atoms with Crippen molar-refractivity contribution in [3.63, 3.8) is 0 Å². The highest BCUT2D eigenvalue weighted by atomic mass is 28.4. The standard InChI is InChI=1S/C24H38BNO3Si/c1-16(2)30(17(3)4,18(5)6)27-22-14-19-12-11-13-21(20(19)15-26-22)25-28-23(7,8)24(9,10)29-25/h11-18H,1-10H3. The van der Waals surface area contributed by atoms with Gasteiger partial charge in [0, 0.05) is 17.6 Å². The summed E-state index contributed by atoms with van der Waals surface area (Å²) in [4.78, 5) is 4.75. The van der Waals surface area contributed by atoms with Crippen molar-refractivity contribution >= 4 is 31.7 Å². The van der Waals surface area contributed by atoms with Crippen LogP contribution in [-0.2, 0) is 9.31 Å². The van der Waals surface area contributed by atoms with Crippen LogP contribution in [-0.4, -0.2) is 31.6 Å². The second-order valence-corrected chi connectivity index (χ2v) is 16.0. The van der Waals surface area contributed by atoms with Crippen molar-refractivity contribution in [2.24, 2.45) is 0 Å². The molecular formula is C24H38BNO3Si. The van der Waals surface area contributed by atoms with E-state index in [1.807, 2.05) is 6.20 Å². The molecule has 30 heavy (non-hydrogen) atoms. The quantitative estimate of drug-likeness (QED) is 0.523. The zero-order valence-corrected chi connectivity index (χ0v) is 21.4. The van der Waals surface area contributed by atoms with E-state index in [0.717, 1.165) is 22.1 Å². The lowest BCUT2D eigenvalue weighted by Crippen LogP contribution is -2.50. The number of rotatable bonds is 6. The predicted molar refractivity (Wildman–Crippen MR) is 129 cm³/mol. The average Bonchev–Trinajstić information content (AvgIpc) is 2.85. The Morgan fingerprint density at radius 3 is 1.93 bits per heavy atom. The maximum Gasteiger partial charge on any atom is 0.495 e. The lowest BCUT2D eigenvalue weighted by Gasteiger charge is -2.41. The molecule has 0 N–H and O–H groups in total. The third kappa shape index (κ3) is 3.83. The normalized spacial score (nSPS) is 18.8. The number of hydrogen-bond acceptors (Lipinski definition) is 4. The van der Waals surface area contributed by atoms with E-state index in [9.17, 15) is 0 Å². The molecule has 0 spiro atoms. The second-order valence-electron chi connectivity index (χ2n) is 10.6. The summed E-state index contributed by atoms with van der Waals surface area (Å²) in [6, 6.07) is 8.33. The minimum atomic E-state index is -2.04. The van der Waals surface area contributed by atoms with Gasteiger partial charge in [0.2, 0.25) is 0 Å². The van der Waals surface area contributed by atoms with Gasteiger partial charge in [0.25, 0.3) is 8.32 Å². The Morgan fingerprint density at radius 2 is 1.43 bits per heavy atom. The van der Waals surface area contributed by atoms with Crippen molar-refractivity contribution in [2.45, 2.75) is 97.1 Å². The van der Waals surface area contributed by atoms with E-state index >= 15 is 0 Å². The summed E-state index contributed by atoms with van der Waals surface area (Å²) in [6.07, 6.45) is 1.92. The molecule has 1 aliphatic rings. The SMILES string of the molecule is CC(C)[Si](Oc1cc2cccc(B3OC(C)(C)C(C)(C)O3)c2cn1)(C(C)C)C(C)C. The molecule has 164 valence electrons. The summed E-state index contributed by atoms with van der Waals surface area (Å²) in [5.74, 6) is 0.733. The van der Waals surface area contributed by atoms with Crippen LogP contribution in [0.1, 0.15) is 69.2 Å². The minimum Gasteiger partial charge on any atom is -0.530 e. The van der Waals surface area contributed by atoms with Crippen LogP contribution >= 0.6 is 0 Å². The van der Waals surface area contributed by atoms with E-state index in [-0.39, 0.29) is 11.2 Å². The van der Waals surface area contributed by atoms with Gasteiger partial charge in [-0.05, 0) is 55.2 Å². The number of benzene rings is 1. The van der Waals surface area contributed by atoms with E-state index in [2.05, 4.69) is 93.5 Å². The molecule has 1 fully saturated rings. The summed E-state index contributed by atoms with van der Waals surface area (Å²) in [5.41, 5.74) is 1.80. The van der Waals surface area contributed by atoms with Crippen LogP contribution in [0.5, 0.6) is 5.88 Å². The molecule has 0 aliphatic carbocycles. The molecule has 0 unspecified atom stereocenters. The Labute approximate surface area is 184 Å². The van der Waals surface area contributed by atoms with Gasteiger partial charge in [0.1, 0.15) is 0 Å². The molecule has 4 nitrogen and oxygen atoms in total. The number of pyridine rings is 1. The summed E-state index contributed by atoms with van der Waals surface area (Å²) < 4.78 is 19.4. The van der Waals surface area contributed by atoms with Crippen molar-refractivity contribution < 1.29 is 13.7 Å². The molecule has 6 heteroatoms. The van der Waals surface area contributed by atoms with Crippen molar-refractivity contribution in [3.8, 4) is 5.88 Å². The molecule has 2 heterocycles. The number of nitrogens with zero attached hydrogens (tertiary/aromatic N) is 1. The highest BCUT2D eigenvalue weighted by molar-refractivity contribution is 6.78. The van der Waals surface area contributed by atoms with E-state index in [1.165, 1.54) is 0 Å². The molecule has 0 atom stereocenters. The number of aromatic nitrogens is 1. The van der Waals surface area contributed by atoms with Crippen LogP contribution in [0.4, 0.5) is 0 Å². The first-order valence-electron chi connectivity index (χ1n) is 11.2. The Morgan fingerprint density at radius 1 is 0.900 bits per heavy atom. The van der Waals surface area contributed by atoms with Gasteiger partial charge in [0.15, 0.2) is 5.88 Å². The van der Waals surface area contributed by atoms with Gasteiger partial charge in [-0.2, -0.15) is 0 Å². The summed E-state index contributed by atoms with van der Waals surface area (Å²) in [5, 5.41) is 2.15. The Hall–Kier alpha value is -1.37. The van der Waals surface area contributed by atoms with Gasteiger partial charge in [-0.25, -0.2) is 4.98 Å². The third-order valence-electron chi connectivity index (χ3n) is 7.27. The van der Waals surface area contributed by atoms with Crippen LogP contribution in [0, 0.1) is 0 Å². The lowest BCUT2D eigenvalue weighted by molar-refractivity contribution is 0.00578. The van der Waals surface area contributed by atoms with Crippen LogP contribution < -0.4 is 9.89 Å². The average molecular weight is 427 g/mol. The van der Waals surface area contributed by atoms with Crippen molar-refractivity contribution in [1.82, 2.24) is 4.98 Å². The highest BCUT2D eigenvalue weighted by Gasteiger charge is 2.52. The van der Waals surface area contributed by atoms with Gasteiger partial charge in [-0.1, -0.05) is 59.7 Å². The smallest absolute Gasteiger partial charge is 0.495 e. The monoisotopic (exact) mass is 427 g/mol. The first-order valence-corrected chi connectivity index (χ1v) is 13.4. The van der Waals surface area contributed by atoms with Crippen molar-refractivity contribution in [3.05, 3.63) is 30.5 Å². The molecular weight excluding hydrogens is 389 g/mol. The predicted octanol–water partition coefficient (Wildman–Crippen LogP) is 6.09. The van der Waals surface area contributed by atoms with E-state index in [0.29, 0.717) is 16.6 Å². The molecule has 2 aromatic rings. The van der Waals surface area contributed by atoms with Crippen LogP contribution in [0.15, 0.2) is 30.5 Å². The van der Waals surface area contributed by atoms with Gasteiger partial charge in [0.05, 0.1) is 11.2 Å². The van der Waals surface area contributed by atoms with E-state index < -0.39 is 15.4 Å². The van der Waals surface area contributed by atoms with Gasteiger partial charge in [-0.15, -0.1) is 0 Å². The zero-order valence-electron chi connectivity index (χ0n) is 20.4. The molecule has 0 bridgehead atoms. The van der Waals surface area contributed by atoms with Gasteiger partial charge >= 0.3 is 7.12 Å². The topological polar surface area (TPSA) is 40.6 Å². The molecule has 1 aliphatic heterocycles. The van der Waals surface area contributed by atoms with E-state index in [1.54, 1.807) is 0 Å². The summed E-state index contributed by atoms with van der Waals surface area (Å²) in [7, 11) is -2.45.